The first kappa shape index (κ1) is 8.40. The molecule has 2 rings (SSSR count). The number of thiazole rings is 1. The highest BCUT2D eigenvalue weighted by Gasteiger charge is 2.05. The van der Waals surface area contributed by atoms with E-state index in [4.69, 9.17) is 9.15 Å². The summed E-state index contributed by atoms with van der Waals surface area (Å²) < 4.78 is 9.82. The molecular weight excluding hydrogens is 188 g/mol. The van der Waals surface area contributed by atoms with Gasteiger partial charge in [0.05, 0.1) is 6.61 Å². The quantitative estimate of drug-likeness (QED) is 0.752. The summed E-state index contributed by atoms with van der Waals surface area (Å²) in [6.07, 6.45) is 2.97. The van der Waals surface area contributed by atoms with Gasteiger partial charge in [-0.15, -0.1) is 11.3 Å². The van der Waals surface area contributed by atoms with Crippen molar-refractivity contribution in [3.8, 4) is 11.4 Å². The summed E-state index contributed by atoms with van der Waals surface area (Å²) in [5.74, 6) is 0. The SMILES string of the molecule is COCc1nc(-c2cocn2)cs1. The fourth-order valence-corrected chi connectivity index (χ4v) is 1.72. The van der Waals surface area contributed by atoms with Crippen molar-refractivity contribution in [1.82, 2.24) is 9.97 Å². The van der Waals surface area contributed by atoms with Gasteiger partial charge in [-0.05, 0) is 0 Å². The molecule has 5 heteroatoms. The Balaban J connectivity index is 2.23. The molecule has 0 spiro atoms. The van der Waals surface area contributed by atoms with E-state index >= 15 is 0 Å². The van der Waals surface area contributed by atoms with Crippen molar-refractivity contribution in [2.24, 2.45) is 0 Å². The molecule has 68 valence electrons. The van der Waals surface area contributed by atoms with Gasteiger partial charge in [0, 0.05) is 12.5 Å². The molecule has 0 aliphatic carbocycles. The Kier molecular flexibility index (Phi) is 2.37. The van der Waals surface area contributed by atoms with E-state index in [0.717, 1.165) is 16.4 Å². The second kappa shape index (κ2) is 3.68. The molecule has 2 aromatic rings. The molecule has 0 aromatic carbocycles. The van der Waals surface area contributed by atoms with Crippen molar-refractivity contribution >= 4 is 11.3 Å². The summed E-state index contributed by atoms with van der Waals surface area (Å²) >= 11 is 1.55. The average Bonchev–Trinajstić information content (AvgIpc) is 2.70. The maximum Gasteiger partial charge on any atom is 0.181 e. The van der Waals surface area contributed by atoms with E-state index in [2.05, 4.69) is 9.97 Å². The molecule has 0 bridgehead atoms. The lowest BCUT2D eigenvalue weighted by molar-refractivity contribution is 0.184. The van der Waals surface area contributed by atoms with E-state index in [-0.39, 0.29) is 0 Å². The lowest BCUT2D eigenvalue weighted by Crippen LogP contribution is -1.85. The molecule has 0 atom stereocenters. The fourth-order valence-electron chi connectivity index (χ4n) is 0.957. The van der Waals surface area contributed by atoms with Crippen LogP contribution in [0.25, 0.3) is 11.4 Å². The summed E-state index contributed by atoms with van der Waals surface area (Å²) in [6.45, 7) is 0.544. The van der Waals surface area contributed by atoms with Gasteiger partial charge < -0.3 is 9.15 Å². The third-order valence-electron chi connectivity index (χ3n) is 1.51. The number of oxazole rings is 1. The molecule has 4 nitrogen and oxygen atoms in total. The minimum absolute atomic E-state index is 0.544. The topological polar surface area (TPSA) is 48.2 Å². The number of rotatable bonds is 3. The number of hydrogen-bond acceptors (Lipinski definition) is 5. The predicted octanol–water partition coefficient (Wildman–Crippen LogP) is 1.94. The monoisotopic (exact) mass is 196 g/mol. The van der Waals surface area contributed by atoms with Gasteiger partial charge in [-0.25, -0.2) is 9.97 Å². The average molecular weight is 196 g/mol. The van der Waals surface area contributed by atoms with E-state index in [9.17, 15) is 0 Å². The highest BCUT2D eigenvalue weighted by atomic mass is 32.1. The van der Waals surface area contributed by atoms with Crippen molar-refractivity contribution in [2.45, 2.75) is 6.61 Å². The second-order valence-electron chi connectivity index (χ2n) is 2.43. The number of ether oxygens (including phenoxy) is 1. The minimum Gasteiger partial charge on any atom is -0.451 e. The van der Waals surface area contributed by atoms with Crippen molar-refractivity contribution < 1.29 is 9.15 Å². The Labute approximate surface area is 79.2 Å². The highest BCUT2D eigenvalue weighted by molar-refractivity contribution is 7.09. The van der Waals surface area contributed by atoms with E-state index in [0.29, 0.717) is 6.61 Å². The van der Waals surface area contributed by atoms with Gasteiger partial charge in [-0.1, -0.05) is 0 Å². The molecule has 0 saturated carbocycles. The van der Waals surface area contributed by atoms with Gasteiger partial charge in [0.25, 0.3) is 0 Å². The van der Waals surface area contributed by atoms with Gasteiger partial charge in [-0.3, -0.25) is 0 Å². The maximum atomic E-state index is 4.96. The zero-order valence-corrected chi connectivity index (χ0v) is 7.87. The second-order valence-corrected chi connectivity index (χ2v) is 3.38. The van der Waals surface area contributed by atoms with E-state index in [1.54, 1.807) is 24.7 Å². The first-order valence-corrected chi connectivity index (χ1v) is 4.60. The van der Waals surface area contributed by atoms with Crippen LogP contribution in [0.3, 0.4) is 0 Å². The molecule has 2 heterocycles. The minimum atomic E-state index is 0.544. The molecule has 0 aliphatic heterocycles. The van der Waals surface area contributed by atoms with Gasteiger partial charge >= 0.3 is 0 Å². The van der Waals surface area contributed by atoms with Crippen LogP contribution in [0.1, 0.15) is 5.01 Å². The van der Waals surface area contributed by atoms with Crippen molar-refractivity contribution in [3.05, 3.63) is 23.0 Å². The standard InChI is InChI=1S/C8H8N2O2S/c1-11-3-8-10-7(4-13-8)6-2-12-5-9-6/h2,4-5H,3H2,1H3. The summed E-state index contributed by atoms with van der Waals surface area (Å²) in [5, 5.41) is 2.88. The summed E-state index contributed by atoms with van der Waals surface area (Å²) in [4.78, 5) is 8.31. The first-order chi connectivity index (χ1) is 6.40. The van der Waals surface area contributed by atoms with Gasteiger partial charge in [-0.2, -0.15) is 0 Å². The predicted molar refractivity (Wildman–Crippen MR) is 48.3 cm³/mol. The molecule has 0 N–H and O–H groups in total. The summed E-state index contributed by atoms with van der Waals surface area (Å²) in [5.41, 5.74) is 1.60. The zero-order valence-electron chi connectivity index (χ0n) is 7.06. The van der Waals surface area contributed by atoms with Crippen LogP contribution in [0, 0.1) is 0 Å². The Morgan fingerprint density at radius 1 is 1.54 bits per heavy atom. The maximum absolute atomic E-state index is 4.96. The number of aromatic nitrogens is 2. The highest BCUT2D eigenvalue weighted by Crippen LogP contribution is 2.20. The lowest BCUT2D eigenvalue weighted by Gasteiger charge is -1.89. The molecule has 0 unspecified atom stereocenters. The number of methoxy groups -OCH3 is 1. The molecule has 0 fully saturated rings. The van der Waals surface area contributed by atoms with Crippen LogP contribution in [0.2, 0.25) is 0 Å². The zero-order chi connectivity index (χ0) is 9.10. The molecule has 0 amide bonds. The molecule has 0 aliphatic rings. The molecule has 0 saturated heterocycles. The normalized spacial score (nSPS) is 10.5. The van der Waals surface area contributed by atoms with Crippen LogP contribution in [0.15, 0.2) is 22.5 Å². The van der Waals surface area contributed by atoms with Gasteiger partial charge in [0.1, 0.15) is 22.7 Å². The molecule has 0 radical (unpaired) electrons. The van der Waals surface area contributed by atoms with Crippen LogP contribution in [-0.2, 0) is 11.3 Å². The van der Waals surface area contributed by atoms with Crippen LogP contribution < -0.4 is 0 Å². The van der Waals surface area contributed by atoms with Crippen LogP contribution >= 0.6 is 11.3 Å². The Hall–Kier alpha value is -1.20. The Bertz CT molecular complexity index is 369. The van der Waals surface area contributed by atoms with Crippen molar-refractivity contribution in [3.63, 3.8) is 0 Å². The van der Waals surface area contributed by atoms with E-state index in [1.165, 1.54) is 6.39 Å². The molecular formula is C8H8N2O2S. The number of hydrogen-bond donors (Lipinski definition) is 0. The third-order valence-corrected chi connectivity index (χ3v) is 2.34. The van der Waals surface area contributed by atoms with Crippen molar-refractivity contribution in [2.75, 3.05) is 7.11 Å². The Morgan fingerprint density at radius 2 is 2.46 bits per heavy atom. The number of nitrogens with zero attached hydrogens (tertiary/aromatic N) is 2. The van der Waals surface area contributed by atoms with E-state index in [1.807, 2.05) is 5.38 Å². The van der Waals surface area contributed by atoms with Gasteiger partial charge in [0.15, 0.2) is 6.39 Å². The van der Waals surface area contributed by atoms with E-state index < -0.39 is 0 Å². The van der Waals surface area contributed by atoms with Crippen molar-refractivity contribution in [1.29, 1.82) is 0 Å². The largest absolute Gasteiger partial charge is 0.451 e. The van der Waals surface area contributed by atoms with Crippen LogP contribution in [0.5, 0.6) is 0 Å². The van der Waals surface area contributed by atoms with Crippen LogP contribution in [-0.4, -0.2) is 17.1 Å². The summed E-state index contributed by atoms with van der Waals surface area (Å²) in [7, 11) is 1.65. The van der Waals surface area contributed by atoms with Crippen LogP contribution in [0.4, 0.5) is 0 Å². The summed E-state index contributed by atoms with van der Waals surface area (Å²) in [6, 6.07) is 0. The molecule has 2 aromatic heterocycles. The van der Waals surface area contributed by atoms with Gasteiger partial charge in [0.2, 0.25) is 0 Å². The Morgan fingerprint density at radius 3 is 3.15 bits per heavy atom. The fraction of sp³-hybridized carbons (Fsp3) is 0.250. The molecule has 13 heavy (non-hydrogen) atoms. The smallest absolute Gasteiger partial charge is 0.181 e. The lowest BCUT2D eigenvalue weighted by atomic mass is 10.4. The first-order valence-electron chi connectivity index (χ1n) is 3.72. The third kappa shape index (κ3) is 1.76.